The second-order valence-electron chi connectivity index (χ2n) is 10.5. The van der Waals surface area contributed by atoms with E-state index in [1.807, 2.05) is 38.1 Å². The van der Waals surface area contributed by atoms with Crippen molar-refractivity contribution in [1.29, 1.82) is 0 Å². The van der Waals surface area contributed by atoms with E-state index in [9.17, 15) is 29.1 Å². The number of aromatic nitrogens is 3. The average Bonchev–Trinajstić information content (AvgIpc) is 3.59. The molecule has 3 rings (SSSR count). The van der Waals surface area contributed by atoms with Gasteiger partial charge in [-0.25, -0.2) is 9.78 Å². The Hall–Kier alpha value is -4.72. The lowest BCUT2D eigenvalue weighted by Gasteiger charge is -2.26. The summed E-state index contributed by atoms with van der Waals surface area (Å²) in [6, 6.07) is 2.87. The number of nitrogens with two attached hydrogens (primary N) is 1. The molecule has 0 saturated carbocycles. The topological polar surface area (TPSA) is 232 Å². The van der Waals surface area contributed by atoms with Crippen molar-refractivity contribution in [3.63, 3.8) is 0 Å². The van der Waals surface area contributed by atoms with Crippen LogP contribution in [0, 0.1) is 5.92 Å². The molecule has 0 radical (unpaired) electrons. The number of carbonyl (C=O) groups is 5. The Bertz CT molecular complexity index is 1390. The zero-order chi connectivity index (χ0) is 30.8. The quantitative estimate of drug-likeness (QED) is 0.117. The molecule has 3 aromatic rings. The third-order valence-electron chi connectivity index (χ3n) is 6.66. The van der Waals surface area contributed by atoms with Gasteiger partial charge in [-0.1, -0.05) is 32.0 Å². The molecule has 0 bridgehead atoms. The van der Waals surface area contributed by atoms with E-state index in [4.69, 9.17) is 10.8 Å². The number of aliphatic carboxylic acids is 2. The molecule has 42 heavy (non-hydrogen) atoms. The number of hydrogen-bond donors (Lipinski definition) is 8. The highest BCUT2D eigenvalue weighted by Gasteiger charge is 2.31. The number of fused-ring (bicyclic) bond motifs is 1. The third-order valence-corrected chi connectivity index (χ3v) is 6.66. The molecule has 3 amide bonds. The van der Waals surface area contributed by atoms with Gasteiger partial charge in [-0.3, -0.25) is 19.2 Å². The highest BCUT2D eigenvalue weighted by Crippen LogP contribution is 2.19. The highest BCUT2D eigenvalue weighted by atomic mass is 16.4. The standard InChI is InChI=1S/C28H37N7O7/c1-15(2)9-22(34-25(38)19(29)10-16-12-31-20-6-4-3-5-18(16)20)26(39)35-23(11-17-13-30-14-32-17)27(40)33-21(28(41)42)7-8-24(36)37/h3-6,12-15,19,21-23,31H,7-11,29H2,1-2H3,(H,30,32)(H,33,40)(H,34,38)(H,35,39)(H,36,37)(H,41,42). The number of carbonyl (C=O) groups excluding carboxylic acids is 3. The highest BCUT2D eigenvalue weighted by molar-refractivity contribution is 5.94. The molecule has 226 valence electrons. The maximum absolute atomic E-state index is 13.4. The largest absolute Gasteiger partial charge is 0.481 e. The van der Waals surface area contributed by atoms with Crippen LogP contribution in [-0.4, -0.2) is 79.0 Å². The third kappa shape index (κ3) is 9.16. The summed E-state index contributed by atoms with van der Waals surface area (Å²) in [5, 5.41) is 27.0. The number of amides is 3. The molecule has 14 heteroatoms. The van der Waals surface area contributed by atoms with Crippen molar-refractivity contribution in [2.75, 3.05) is 0 Å². The molecule has 14 nitrogen and oxygen atoms in total. The molecule has 1 aromatic carbocycles. The first-order valence-corrected chi connectivity index (χ1v) is 13.6. The number of nitrogens with one attached hydrogen (secondary N) is 5. The minimum atomic E-state index is -1.48. The molecule has 0 aliphatic carbocycles. The number of imidazole rings is 1. The van der Waals surface area contributed by atoms with Gasteiger partial charge in [-0.2, -0.15) is 0 Å². The summed E-state index contributed by atoms with van der Waals surface area (Å²) in [7, 11) is 0. The van der Waals surface area contributed by atoms with Gasteiger partial charge in [0.25, 0.3) is 0 Å². The van der Waals surface area contributed by atoms with Crippen LogP contribution >= 0.6 is 0 Å². The second kappa shape index (κ2) is 14.8. The SMILES string of the molecule is CC(C)CC(NC(=O)C(N)Cc1c[nH]c2ccccc12)C(=O)NC(Cc1cnc[nH]1)C(=O)NC(CCC(=O)O)C(=O)O. The minimum absolute atomic E-state index is 0.0156. The van der Waals surface area contributed by atoms with Crippen LogP contribution in [0.1, 0.15) is 44.4 Å². The average molecular weight is 584 g/mol. The summed E-state index contributed by atoms with van der Waals surface area (Å²) < 4.78 is 0. The van der Waals surface area contributed by atoms with Crippen LogP contribution in [0.3, 0.4) is 0 Å². The lowest BCUT2D eigenvalue weighted by Crippen LogP contribution is -2.58. The van der Waals surface area contributed by atoms with Crippen LogP contribution in [0.2, 0.25) is 0 Å². The Morgan fingerprint density at radius 3 is 2.21 bits per heavy atom. The van der Waals surface area contributed by atoms with Gasteiger partial charge >= 0.3 is 11.9 Å². The molecule has 4 unspecified atom stereocenters. The zero-order valence-electron chi connectivity index (χ0n) is 23.4. The van der Waals surface area contributed by atoms with E-state index < -0.39 is 60.2 Å². The molecular formula is C28H37N7O7. The Morgan fingerprint density at radius 1 is 0.905 bits per heavy atom. The molecule has 0 saturated heterocycles. The first kappa shape index (κ1) is 31.8. The van der Waals surface area contributed by atoms with Crippen LogP contribution < -0.4 is 21.7 Å². The summed E-state index contributed by atoms with van der Waals surface area (Å²) in [6.07, 6.45) is 4.20. The number of carboxylic acids is 2. The number of carboxylic acid groups (broad SMARTS) is 2. The van der Waals surface area contributed by atoms with Crippen molar-refractivity contribution in [2.24, 2.45) is 11.7 Å². The molecular weight excluding hydrogens is 546 g/mol. The predicted molar refractivity (Wildman–Crippen MR) is 152 cm³/mol. The number of aromatic amines is 2. The number of nitrogens with zero attached hydrogens (tertiary/aromatic N) is 1. The van der Waals surface area contributed by atoms with Crippen molar-refractivity contribution in [3.05, 3.63) is 54.2 Å². The van der Waals surface area contributed by atoms with Gasteiger partial charge in [0, 0.05) is 41.8 Å². The van der Waals surface area contributed by atoms with Gasteiger partial charge in [0.15, 0.2) is 0 Å². The van der Waals surface area contributed by atoms with Crippen LogP contribution in [-0.2, 0) is 36.8 Å². The van der Waals surface area contributed by atoms with E-state index in [1.165, 1.54) is 12.5 Å². The van der Waals surface area contributed by atoms with E-state index in [0.29, 0.717) is 5.69 Å². The minimum Gasteiger partial charge on any atom is -0.481 e. The summed E-state index contributed by atoms with van der Waals surface area (Å²) in [5.41, 5.74) is 8.47. The number of H-pyrrole nitrogens is 2. The van der Waals surface area contributed by atoms with Gasteiger partial charge in [-0.05, 0) is 36.8 Å². The summed E-state index contributed by atoms with van der Waals surface area (Å²) in [5.74, 6) is -4.68. The van der Waals surface area contributed by atoms with Crippen LogP contribution in [0.15, 0.2) is 43.0 Å². The maximum Gasteiger partial charge on any atom is 0.326 e. The number of benzene rings is 1. The Kier molecular flexibility index (Phi) is 11.2. The van der Waals surface area contributed by atoms with Gasteiger partial charge < -0.3 is 41.9 Å². The zero-order valence-corrected chi connectivity index (χ0v) is 23.4. The molecule has 0 spiro atoms. The lowest BCUT2D eigenvalue weighted by molar-refractivity contribution is -0.143. The molecule has 2 heterocycles. The predicted octanol–water partition coefficient (Wildman–Crippen LogP) is 0.453. The summed E-state index contributed by atoms with van der Waals surface area (Å²) in [4.78, 5) is 72.1. The van der Waals surface area contributed by atoms with Crippen molar-refractivity contribution < 1.29 is 34.2 Å². The van der Waals surface area contributed by atoms with Crippen molar-refractivity contribution >= 4 is 40.6 Å². The monoisotopic (exact) mass is 583 g/mol. The molecule has 0 aliphatic rings. The maximum atomic E-state index is 13.4. The Labute approximate surface area is 241 Å². The van der Waals surface area contributed by atoms with E-state index in [0.717, 1.165) is 16.5 Å². The molecule has 2 aromatic heterocycles. The Balaban J connectivity index is 1.73. The van der Waals surface area contributed by atoms with E-state index in [1.54, 1.807) is 6.20 Å². The van der Waals surface area contributed by atoms with Gasteiger partial charge in [0.2, 0.25) is 17.7 Å². The smallest absolute Gasteiger partial charge is 0.326 e. The number of hydrogen-bond acceptors (Lipinski definition) is 7. The lowest BCUT2D eigenvalue weighted by atomic mass is 10.0. The second-order valence-corrected chi connectivity index (χ2v) is 10.5. The van der Waals surface area contributed by atoms with Crippen LogP contribution in [0.4, 0.5) is 0 Å². The van der Waals surface area contributed by atoms with Crippen molar-refractivity contribution in [1.82, 2.24) is 30.9 Å². The first-order valence-electron chi connectivity index (χ1n) is 13.6. The molecule has 4 atom stereocenters. The number of para-hydroxylation sites is 1. The van der Waals surface area contributed by atoms with Gasteiger partial charge in [-0.15, -0.1) is 0 Å². The molecule has 9 N–H and O–H groups in total. The summed E-state index contributed by atoms with van der Waals surface area (Å²) in [6.45, 7) is 3.74. The van der Waals surface area contributed by atoms with Gasteiger partial charge in [0.1, 0.15) is 18.1 Å². The first-order chi connectivity index (χ1) is 19.9. The molecule has 0 aliphatic heterocycles. The van der Waals surface area contributed by atoms with Crippen molar-refractivity contribution in [3.8, 4) is 0 Å². The Morgan fingerprint density at radius 2 is 1.57 bits per heavy atom. The van der Waals surface area contributed by atoms with Gasteiger partial charge in [0.05, 0.1) is 12.4 Å². The fourth-order valence-corrected chi connectivity index (χ4v) is 4.51. The summed E-state index contributed by atoms with van der Waals surface area (Å²) >= 11 is 0. The van der Waals surface area contributed by atoms with Crippen LogP contribution in [0.5, 0.6) is 0 Å². The fraction of sp³-hybridized carbons (Fsp3) is 0.429. The van der Waals surface area contributed by atoms with Crippen LogP contribution in [0.25, 0.3) is 10.9 Å². The van der Waals surface area contributed by atoms with E-state index in [2.05, 4.69) is 30.9 Å². The van der Waals surface area contributed by atoms with E-state index in [-0.39, 0.29) is 31.6 Å². The normalized spacial score (nSPS) is 14.1. The van der Waals surface area contributed by atoms with Crippen molar-refractivity contribution in [2.45, 2.75) is 70.1 Å². The van der Waals surface area contributed by atoms with E-state index >= 15 is 0 Å². The molecule has 0 fully saturated rings. The fourth-order valence-electron chi connectivity index (χ4n) is 4.51. The number of rotatable bonds is 16.